The van der Waals surface area contributed by atoms with Gasteiger partial charge in [-0.2, -0.15) is 0 Å². The Balaban J connectivity index is 1.42. The van der Waals surface area contributed by atoms with Gasteiger partial charge in [0, 0.05) is 32.7 Å². The monoisotopic (exact) mass is 390 g/mol. The Labute approximate surface area is 163 Å². The van der Waals surface area contributed by atoms with Crippen LogP contribution in [-0.4, -0.2) is 79.6 Å². The lowest BCUT2D eigenvalue weighted by Gasteiger charge is -2.36. The number of piperazine rings is 1. The fourth-order valence-corrected chi connectivity index (χ4v) is 3.12. The van der Waals surface area contributed by atoms with Gasteiger partial charge in [-0.1, -0.05) is 19.1 Å². The molecule has 0 aliphatic carbocycles. The van der Waals surface area contributed by atoms with Crippen LogP contribution in [0, 0.1) is 0 Å². The Bertz CT molecular complexity index is 718. The van der Waals surface area contributed by atoms with E-state index in [2.05, 4.69) is 10.6 Å². The number of ether oxygens (including phenoxy) is 2. The summed E-state index contributed by atoms with van der Waals surface area (Å²) in [6.07, 6.45) is 0.144. The summed E-state index contributed by atoms with van der Waals surface area (Å²) < 4.78 is 11.4. The molecule has 152 valence electrons. The van der Waals surface area contributed by atoms with Gasteiger partial charge in [-0.05, 0) is 18.6 Å². The second-order valence-corrected chi connectivity index (χ2v) is 6.77. The minimum absolute atomic E-state index is 0.113. The molecule has 0 bridgehead atoms. The number of rotatable bonds is 5. The summed E-state index contributed by atoms with van der Waals surface area (Å²) in [5, 5.41) is 4.91. The van der Waals surface area contributed by atoms with Crippen LogP contribution in [0.3, 0.4) is 0 Å². The highest BCUT2D eigenvalue weighted by Gasteiger charge is 2.32. The number of hydrogen-bond donors (Lipinski definition) is 2. The summed E-state index contributed by atoms with van der Waals surface area (Å²) in [4.78, 5) is 39.8. The highest BCUT2D eigenvalue weighted by Crippen LogP contribution is 2.31. The molecule has 2 aliphatic rings. The van der Waals surface area contributed by atoms with E-state index < -0.39 is 12.1 Å². The standard InChI is InChI=1S/C19H26N4O5/c1-2-7-20-19(26)21-17(24)12-22-8-10-23(11-9-22)18(25)16-13-27-14-5-3-4-6-15(14)28-16/h3-6,16H,2,7-13H2,1H3,(H2,20,21,24,26). The van der Waals surface area contributed by atoms with Crippen molar-refractivity contribution in [3.63, 3.8) is 0 Å². The molecular formula is C19H26N4O5. The fourth-order valence-electron chi connectivity index (χ4n) is 3.12. The van der Waals surface area contributed by atoms with E-state index in [1.807, 2.05) is 30.0 Å². The average molecular weight is 390 g/mol. The van der Waals surface area contributed by atoms with Crippen molar-refractivity contribution in [3.05, 3.63) is 24.3 Å². The van der Waals surface area contributed by atoms with Crippen molar-refractivity contribution >= 4 is 17.8 Å². The highest BCUT2D eigenvalue weighted by atomic mass is 16.6. The van der Waals surface area contributed by atoms with Crippen LogP contribution in [0.5, 0.6) is 11.5 Å². The first-order valence-corrected chi connectivity index (χ1v) is 9.54. The number of para-hydroxylation sites is 2. The molecule has 1 atom stereocenters. The largest absolute Gasteiger partial charge is 0.485 e. The predicted octanol–water partition coefficient (Wildman–Crippen LogP) is 0.206. The van der Waals surface area contributed by atoms with Crippen molar-refractivity contribution in [3.8, 4) is 11.5 Å². The fraction of sp³-hybridized carbons (Fsp3) is 0.526. The molecule has 2 heterocycles. The third-order valence-electron chi connectivity index (χ3n) is 4.62. The number of nitrogens with zero attached hydrogens (tertiary/aromatic N) is 2. The number of amides is 4. The number of carbonyl (C=O) groups excluding carboxylic acids is 3. The van der Waals surface area contributed by atoms with Crippen molar-refractivity contribution in [2.45, 2.75) is 19.4 Å². The first-order valence-electron chi connectivity index (χ1n) is 9.54. The Kier molecular flexibility index (Phi) is 6.70. The molecule has 1 fully saturated rings. The van der Waals surface area contributed by atoms with Gasteiger partial charge >= 0.3 is 6.03 Å². The minimum Gasteiger partial charge on any atom is -0.485 e. The summed E-state index contributed by atoms with van der Waals surface area (Å²) in [7, 11) is 0. The molecule has 4 amide bonds. The second kappa shape index (κ2) is 9.41. The molecule has 0 radical (unpaired) electrons. The van der Waals surface area contributed by atoms with Crippen molar-refractivity contribution in [2.75, 3.05) is 45.9 Å². The SMILES string of the molecule is CCCNC(=O)NC(=O)CN1CCN(C(=O)C2COc3ccccc3O2)CC1. The van der Waals surface area contributed by atoms with Crippen molar-refractivity contribution in [2.24, 2.45) is 0 Å². The molecule has 0 spiro atoms. The van der Waals surface area contributed by atoms with E-state index in [1.165, 1.54) is 0 Å². The zero-order valence-corrected chi connectivity index (χ0v) is 16.0. The van der Waals surface area contributed by atoms with Gasteiger partial charge < -0.3 is 19.7 Å². The second-order valence-electron chi connectivity index (χ2n) is 6.77. The van der Waals surface area contributed by atoms with E-state index in [0.717, 1.165) is 6.42 Å². The van der Waals surface area contributed by atoms with Crippen LogP contribution < -0.4 is 20.1 Å². The lowest BCUT2D eigenvalue weighted by atomic mass is 10.2. The lowest BCUT2D eigenvalue weighted by Crippen LogP contribution is -2.55. The molecule has 1 aromatic carbocycles. The van der Waals surface area contributed by atoms with Gasteiger partial charge in [-0.3, -0.25) is 19.8 Å². The number of urea groups is 1. The molecule has 1 aromatic rings. The number of imide groups is 1. The van der Waals surface area contributed by atoms with Gasteiger partial charge in [0.1, 0.15) is 6.61 Å². The van der Waals surface area contributed by atoms with E-state index in [9.17, 15) is 14.4 Å². The molecule has 1 saturated heterocycles. The summed E-state index contributed by atoms with van der Waals surface area (Å²) in [5.74, 6) is 0.751. The molecular weight excluding hydrogens is 364 g/mol. The number of hydrogen-bond acceptors (Lipinski definition) is 6. The van der Waals surface area contributed by atoms with E-state index in [4.69, 9.17) is 9.47 Å². The summed E-state index contributed by atoms with van der Waals surface area (Å²) in [6.45, 7) is 4.87. The van der Waals surface area contributed by atoms with Crippen LogP contribution in [0.15, 0.2) is 24.3 Å². The van der Waals surface area contributed by atoms with E-state index in [0.29, 0.717) is 44.2 Å². The molecule has 2 aliphatic heterocycles. The van der Waals surface area contributed by atoms with Crippen LogP contribution in [0.2, 0.25) is 0 Å². The van der Waals surface area contributed by atoms with E-state index >= 15 is 0 Å². The van der Waals surface area contributed by atoms with Gasteiger partial charge in [0.25, 0.3) is 5.91 Å². The van der Waals surface area contributed by atoms with Gasteiger partial charge in [0.15, 0.2) is 11.5 Å². The molecule has 3 rings (SSSR count). The van der Waals surface area contributed by atoms with Crippen molar-refractivity contribution in [1.29, 1.82) is 0 Å². The summed E-state index contributed by atoms with van der Waals surface area (Å²) >= 11 is 0. The van der Waals surface area contributed by atoms with Crippen LogP contribution in [-0.2, 0) is 9.59 Å². The van der Waals surface area contributed by atoms with Gasteiger partial charge in [-0.25, -0.2) is 4.79 Å². The van der Waals surface area contributed by atoms with Crippen LogP contribution in [0.4, 0.5) is 4.79 Å². The Morgan fingerprint density at radius 1 is 1.11 bits per heavy atom. The maximum Gasteiger partial charge on any atom is 0.321 e. The summed E-state index contributed by atoms with van der Waals surface area (Å²) in [6, 6.07) is 6.80. The third-order valence-corrected chi connectivity index (χ3v) is 4.62. The molecule has 0 saturated carbocycles. The van der Waals surface area contributed by atoms with Crippen LogP contribution in [0.25, 0.3) is 0 Å². The van der Waals surface area contributed by atoms with Gasteiger partial charge in [-0.15, -0.1) is 0 Å². The average Bonchev–Trinajstić information content (AvgIpc) is 2.71. The molecule has 28 heavy (non-hydrogen) atoms. The minimum atomic E-state index is -0.660. The Morgan fingerprint density at radius 3 is 2.54 bits per heavy atom. The molecule has 9 nitrogen and oxygen atoms in total. The predicted molar refractivity (Wildman–Crippen MR) is 101 cm³/mol. The zero-order valence-electron chi connectivity index (χ0n) is 16.0. The molecule has 1 unspecified atom stereocenters. The molecule has 0 aromatic heterocycles. The normalized spacial score (nSPS) is 19.0. The van der Waals surface area contributed by atoms with Crippen molar-refractivity contribution < 1.29 is 23.9 Å². The number of nitrogens with one attached hydrogen (secondary N) is 2. The Hall–Kier alpha value is -2.81. The number of fused-ring (bicyclic) bond motifs is 1. The van der Waals surface area contributed by atoms with Gasteiger partial charge in [0.2, 0.25) is 12.0 Å². The topological polar surface area (TPSA) is 100 Å². The number of carbonyl (C=O) groups is 3. The van der Waals surface area contributed by atoms with Crippen LogP contribution >= 0.6 is 0 Å². The zero-order chi connectivity index (χ0) is 19.9. The van der Waals surface area contributed by atoms with Crippen molar-refractivity contribution in [1.82, 2.24) is 20.4 Å². The summed E-state index contributed by atoms with van der Waals surface area (Å²) in [5.41, 5.74) is 0. The number of benzene rings is 1. The first kappa shape index (κ1) is 19.9. The highest BCUT2D eigenvalue weighted by molar-refractivity contribution is 5.95. The Morgan fingerprint density at radius 2 is 1.82 bits per heavy atom. The van der Waals surface area contributed by atoms with Crippen LogP contribution in [0.1, 0.15) is 13.3 Å². The van der Waals surface area contributed by atoms with Gasteiger partial charge in [0.05, 0.1) is 6.54 Å². The maximum atomic E-state index is 12.7. The molecule has 2 N–H and O–H groups in total. The van der Waals surface area contributed by atoms with E-state index in [1.54, 1.807) is 11.0 Å². The molecule has 9 heteroatoms. The third kappa shape index (κ3) is 5.13. The quantitative estimate of drug-likeness (QED) is 0.745. The maximum absolute atomic E-state index is 12.7. The lowest BCUT2D eigenvalue weighted by molar-refractivity contribution is -0.143. The first-order chi connectivity index (χ1) is 13.6. The smallest absolute Gasteiger partial charge is 0.321 e. The van der Waals surface area contributed by atoms with E-state index in [-0.39, 0.29) is 25.0 Å².